The topological polar surface area (TPSA) is 67.4 Å². The van der Waals surface area contributed by atoms with Crippen molar-refractivity contribution in [2.24, 2.45) is 0 Å². The molecule has 1 heterocycles. The Morgan fingerprint density at radius 3 is 2.58 bits per heavy atom. The number of benzene rings is 1. The molecule has 1 saturated heterocycles. The summed E-state index contributed by atoms with van der Waals surface area (Å²) >= 11 is 0. The minimum absolute atomic E-state index is 0.259. The lowest BCUT2D eigenvalue weighted by Crippen LogP contribution is -2.27. The van der Waals surface area contributed by atoms with Crippen LogP contribution in [0.4, 0.5) is 5.69 Å². The van der Waals surface area contributed by atoms with Crippen molar-refractivity contribution in [3.05, 3.63) is 24.3 Å². The summed E-state index contributed by atoms with van der Waals surface area (Å²) in [5.74, 6) is 0. The average molecular weight is 284 g/mol. The fourth-order valence-corrected chi connectivity index (χ4v) is 2.80. The molecule has 106 valence electrons. The van der Waals surface area contributed by atoms with Gasteiger partial charge in [0.25, 0.3) is 0 Å². The van der Waals surface area contributed by atoms with Gasteiger partial charge in [0.2, 0.25) is 10.0 Å². The molecule has 1 aromatic rings. The third-order valence-corrected chi connectivity index (χ3v) is 4.67. The second kappa shape index (κ2) is 6.36. The molecule has 0 aromatic heterocycles. The van der Waals surface area contributed by atoms with Crippen LogP contribution in [0.2, 0.25) is 0 Å². The molecule has 1 aliphatic rings. The third kappa shape index (κ3) is 3.92. The van der Waals surface area contributed by atoms with Gasteiger partial charge in [-0.15, -0.1) is 0 Å². The maximum Gasteiger partial charge on any atom is 0.240 e. The van der Waals surface area contributed by atoms with Gasteiger partial charge in [-0.25, -0.2) is 13.1 Å². The molecular formula is C13H20N2O3S. The Morgan fingerprint density at radius 2 is 2.00 bits per heavy atom. The molecule has 1 aliphatic heterocycles. The van der Waals surface area contributed by atoms with Gasteiger partial charge >= 0.3 is 0 Å². The fraction of sp³-hybridized carbons (Fsp3) is 0.538. The van der Waals surface area contributed by atoms with Crippen molar-refractivity contribution >= 4 is 15.7 Å². The fourth-order valence-electron chi connectivity index (χ4n) is 2.07. The van der Waals surface area contributed by atoms with E-state index in [-0.39, 0.29) is 11.0 Å². The maximum atomic E-state index is 11.6. The molecule has 0 radical (unpaired) electrons. The minimum Gasteiger partial charge on any atom is -0.382 e. The predicted octanol–water partition coefficient (Wildman–Crippen LogP) is 1.58. The quantitative estimate of drug-likeness (QED) is 0.861. The van der Waals surface area contributed by atoms with Crippen molar-refractivity contribution in [3.63, 3.8) is 0 Å². The van der Waals surface area contributed by atoms with Gasteiger partial charge in [-0.3, -0.25) is 0 Å². The van der Waals surface area contributed by atoms with Crippen LogP contribution in [0.5, 0.6) is 0 Å². The predicted molar refractivity (Wildman–Crippen MR) is 74.8 cm³/mol. The molecule has 0 aliphatic carbocycles. The van der Waals surface area contributed by atoms with Gasteiger partial charge in [0, 0.05) is 18.8 Å². The van der Waals surface area contributed by atoms with E-state index in [1.54, 1.807) is 24.3 Å². The van der Waals surface area contributed by atoms with E-state index in [0.717, 1.165) is 31.7 Å². The first kappa shape index (κ1) is 14.3. The highest BCUT2D eigenvalue weighted by Gasteiger charge is 2.14. The minimum atomic E-state index is -3.35. The highest BCUT2D eigenvalue weighted by Crippen LogP contribution is 2.16. The van der Waals surface area contributed by atoms with E-state index < -0.39 is 10.0 Å². The summed E-state index contributed by atoms with van der Waals surface area (Å²) in [6, 6.07) is 6.73. The number of nitrogens with one attached hydrogen (secondary N) is 2. The largest absolute Gasteiger partial charge is 0.382 e. The normalized spacial score (nSPS) is 20.2. The summed E-state index contributed by atoms with van der Waals surface area (Å²) in [5.41, 5.74) is 0.907. The molecule has 6 heteroatoms. The highest BCUT2D eigenvalue weighted by molar-refractivity contribution is 7.89. The number of ether oxygens (including phenoxy) is 1. The van der Waals surface area contributed by atoms with Crippen molar-refractivity contribution in [3.8, 4) is 0 Å². The van der Waals surface area contributed by atoms with Crippen LogP contribution in [0.1, 0.15) is 19.3 Å². The first-order valence-electron chi connectivity index (χ1n) is 6.51. The summed E-state index contributed by atoms with van der Waals surface area (Å²) < 4.78 is 31.1. The van der Waals surface area contributed by atoms with Crippen LogP contribution in [-0.2, 0) is 14.8 Å². The molecular weight excluding hydrogens is 264 g/mol. The molecule has 5 nitrogen and oxygen atoms in total. The van der Waals surface area contributed by atoms with Gasteiger partial charge < -0.3 is 10.1 Å². The van der Waals surface area contributed by atoms with Crippen LogP contribution in [0.3, 0.4) is 0 Å². The SMILES string of the molecule is CNS(=O)(=O)c1ccc(NCC2CCCCO2)cc1. The summed E-state index contributed by atoms with van der Waals surface area (Å²) in [4.78, 5) is 0.273. The first-order valence-corrected chi connectivity index (χ1v) is 7.99. The molecule has 1 atom stereocenters. The second-order valence-electron chi connectivity index (χ2n) is 4.60. The molecule has 1 unspecified atom stereocenters. The van der Waals surface area contributed by atoms with E-state index in [4.69, 9.17) is 4.74 Å². The lowest BCUT2D eigenvalue weighted by atomic mass is 10.1. The van der Waals surface area contributed by atoms with E-state index in [1.165, 1.54) is 13.5 Å². The number of anilines is 1. The number of hydrogen-bond acceptors (Lipinski definition) is 4. The number of sulfonamides is 1. The Bertz CT molecular complexity index is 493. The van der Waals surface area contributed by atoms with Crippen molar-refractivity contribution in [2.45, 2.75) is 30.3 Å². The summed E-state index contributed by atoms with van der Waals surface area (Å²) in [6.07, 6.45) is 3.70. The van der Waals surface area contributed by atoms with Gasteiger partial charge in [0.05, 0.1) is 11.0 Å². The molecule has 0 amide bonds. The molecule has 0 bridgehead atoms. The Hall–Kier alpha value is -1.11. The summed E-state index contributed by atoms with van der Waals surface area (Å²) in [5, 5.41) is 3.27. The van der Waals surface area contributed by atoms with Gasteiger partial charge in [0.15, 0.2) is 0 Å². The number of rotatable bonds is 5. The van der Waals surface area contributed by atoms with Gasteiger partial charge in [-0.05, 0) is 50.6 Å². The molecule has 2 N–H and O–H groups in total. The van der Waals surface area contributed by atoms with Crippen LogP contribution in [0, 0.1) is 0 Å². The molecule has 0 spiro atoms. The number of hydrogen-bond donors (Lipinski definition) is 2. The Morgan fingerprint density at radius 1 is 1.26 bits per heavy atom. The zero-order chi connectivity index (χ0) is 13.7. The van der Waals surface area contributed by atoms with Gasteiger partial charge in [0.1, 0.15) is 0 Å². The van der Waals surface area contributed by atoms with Crippen LogP contribution < -0.4 is 10.0 Å². The summed E-state index contributed by atoms with van der Waals surface area (Å²) in [6.45, 7) is 1.60. The lowest BCUT2D eigenvalue weighted by Gasteiger charge is -2.23. The van der Waals surface area contributed by atoms with Crippen LogP contribution in [0.15, 0.2) is 29.2 Å². The van der Waals surface area contributed by atoms with Crippen LogP contribution >= 0.6 is 0 Å². The van der Waals surface area contributed by atoms with Crippen molar-refractivity contribution < 1.29 is 13.2 Å². The van der Waals surface area contributed by atoms with E-state index in [9.17, 15) is 8.42 Å². The van der Waals surface area contributed by atoms with E-state index in [2.05, 4.69) is 10.0 Å². The standard InChI is InChI=1S/C13H20N2O3S/c1-14-19(16,17)13-7-5-11(6-8-13)15-10-12-4-2-3-9-18-12/h5-8,12,14-15H,2-4,9-10H2,1H3. The maximum absolute atomic E-state index is 11.6. The van der Waals surface area contributed by atoms with Crippen molar-refractivity contribution in [1.29, 1.82) is 0 Å². The molecule has 0 saturated carbocycles. The molecule has 1 fully saturated rings. The lowest BCUT2D eigenvalue weighted by molar-refractivity contribution is 0.0247. The third-order valence-electron chi connectivity index (χ3n) is 3.24. The zero-order valence-electron chi connectivity index (χ0n) is 11.1. The van der Waals surface area contributed by atoms with E-state index in [1.807, 2.05) is 0 Å². The van der Waals surface area contributed by atoms with E-state index >= 15 is 0 Å². The van der Waals surface area contributed by atoms with Crippen LogP contribution in [-0.4, -0.2) is 34.7 Å². The zero-order valence-corrected chi connectivity index (χ0v) is 11.9. The van der Waals surface area contributed by atoms with Gasteiger partial charge in [-0.2, -0.15) is 0 Å². The molecule has 19 heavy (non-hydrogen) atoms. The Labute approximate surface area is 114 Å². The Kier molecular flexibility index (Phi) is 4.79. The van der Waals surface area contributed by atoms with Crippen molar-refractivity contribution in [1.82, 2.24) is 4.72 Å². The molecule has 1 aromatic carbocycles. The van der Waals surface area contributed by atoms with Crippen LogP contribution in [0.25, 0.3) is 0 Å². The smallest absolute Gasteiger partial charge is 0.240 e. The van der Waals surface area contributed by atoms with Crippen molar-refractivity contribution in [2.75, 3.05) is 25.5 Å². The Balaban J connectivity index is 1.91. The average Bonchev–Trinajstić information content (AvgIpc) is 2.47. The molecule has 2 rings (SSSR count). The first-order chi connectivity index (χ1) is 9.12. The second-order valence-corrected chi connectivity index (χ2v) is 6.49. The highest BCUT2D eigenvalue weighted by atomic mass is 32.2. The monoisotopic (exact) mass is 284 g/mol. The van der Waals surface area contributed by atoms with E-state index in [0.29, 0.717) is 0 Å². The van der Waals surface area contributed by atoms with Gasteiger partial charge in [-0.1, -0.05) is 0 Å². The summed E-state index contributed by atoms with van der Waals surface area (Å²) in [7, 11) is -1.95.